The summed E-state index contributed by atoms with van der Waals surface area (Å²) in [6, 6.07) is 0. The highest BCUT2D eigenvalue weighted by molar-refractivity contribution is 5.65. The number of nitrogens with one attached hydrogen (secondary N) is 1. The van der Waals surface area contributed by atoms with E-state index in [4.69, 9.17) is 4.74 Å². The van der Waals surface area contributed by atoms with Crippen molar-refractivity contribution in [3.63, 3.8) is 0 Å². The highest BCUT2D eigenvalue weighted by Crippen LogP contribution is 2.28. The highest BCUT2D eigenvalue weighted by atomic mass is 16.5. The molecule has 0 aliphatic carbocycles. The lowest BCUT2D eigenvalue weighted by molar-refractivity contribution is -0.527. The molecule has 12 heavy (non-hydrogen) atoms. The minimum absolute atomic E-state index is 0.376. The zero-order valence-electron chi connectivity index (χ0n) is 8.05. The van der Waals surface area contributed by atoms with Crippen LogP contribution in [0.4, 0.5) is 0 Å². The largest absolute Gasteiger partial charge is 0.624 e. The summed E-state index contributed by atoms with van der Waals surface area (Å²) >= 11 is 0. The second kappa shape index (κ2) is 2.71. The van der Waals surface area contributed by atoms with Crippen molar-refractivity contribution < 1.29 is 9.48 Å². The number of methoxy groups -OCH3 is 1. The van der Waals surface area contributed by atoms with Gasteiger partial charge in [-0.15, -0.1) is 0 Å². The van der Waals surface area contributed by atoms with Gasteiger partial charge in [0.25, 0.3) is 0 Å². The van der Waals surface area contributed by atoms with E-state index in [2.05, 4.69) is 5.32 Å². The van der Waals surface area contributed by atoms with E-state index >= 15 is 0 Å². The molecule has 0 saturated carbocycles. The average molecular weight is 172 g/mol. The lowest BCUT2D eigenvalue weighted by Crippen LogP contribution is -2.46. The molecule has 0 fully saturated rings. The Bertz CT molecular complexity index is 207. The maximum atomic E-state index is 11.4. The molecule has 1 atom stereocenters. The number of hydrogen-bond acceptors (Lipinski definition) is 3. The van der Waals surface area contributed by atoms with E-state index in [-0.39, 0.29) is 5.54 Å². The van der Waals surface area contributed by atoms with Crippen LogP contribution in [0.1, 0.15) is 20.3 Å². The number of hydroxylamine groups is 1. The first-order chi connectivity index (χ1) is 5.46. The molecule has 0 saturated heterocycles. The molecule has 4 nitrogen and oxygen atoms in total. The predicted octanol–water partition coefficient (Wildman–Crippen LogP) is 0.312. The fourth-order valence-electron chi connectivity index (χ4n) is 1.51. The van der Waals surface area contributed by atoms with Crippen LogP contribution < -0.4 is 5.32 Å². The maximum absolute atomic E-state index is 11.4. The second-order valence-corrected chi connectivity index (χ2v) is 3.79. The summed E-state index contributed by atoms with van der Waals surface area (Å²) in [6.45, 7) is 3.79. The van der Waals surface area contributed by atoms with Gasteiger partial charge in [-0.2, -0.15) is 0 Å². The topological polar surface area (TPSA) is 47.3 Å². The van der Waals surface area contributed by atoms with Crippen molar-refractivity contribution in [3.8, 4) is 0 Å². The molecule has 1 N–H and O–H groups in total. The first-order valence-corrected chi connectivity index (χ1v) is 4.02. The van der Waals surface area contributed by atoms with Gasteiger partial charge in [0, 0.05) is 21.0 Å². The van der Waals surface area contributed by atoms with Crippen molar-refractivity contribution >= 4 is 6.21 Å². The number of rotatable bonds is 2. The van der Waals surface area contributed by atoms with Crippen LogP contribution in [0.15, 0.2) is 0 Å². The molecule has 0 spiro atoms. The SMILES string of the molecule is CNC1(OC)C=[N+]([O-])C(C)(C)C1. The van der Waals surface area contributed by atoms with Crippen LogP contribution in [-0.4, -0.2) is 36.4 Å². The molecule has 1 aliphatic rings. The van der Waals surface area contributed by atoms with Crippen LogP contribution >= 0.6 is 0 Å². The Morgan fingerprint density at radius 3 is 2.33 bits per heavy atom. The Balaban J connectivity index is 2.90. The summed E-state index contributed by atoms with van der Waals surface area (Å²) in [6.07, 6.45) is 2.21. The number of nitrogens with zero attached hydrogens (tertiary/aromatic N) is 1. The molecule has 0 bridgehead atoms. The van der Waals surface area contributed by atoms with Gasteiger partial charge in [0.1, 0.15) is 0 Å². The zero-order chi connectivity index (χ0) is 9.41. The zero-order valence-corrected chi connectivity index (χ0v) is 8.05. The first-order valence-electron chi connectivity index (χ1n) is 4.02. The van der Waals surface area contributed by atoms with Crippen LogP contribution in [-0.2, 0) is 4.74 Å². The third-order valence-electron chi connectivity index (χ3n) is 2.41. The molecule has 4 heteroatoms. The standard InChI is InChI=1S/C8H16N2O2/c1-7(2)5-8(9-3,12-4)6-10(7)11/h6,9H,5H2,1-4H3. The summed E-state index contributed by atoms with van der Waals surface area (Å²) in [5.41, 5.74) is -0.954. The lowest BCUT2D eigenvalue weighted by Gasteiger charge is -2.23. The number of ether oxygens (including phenoxy) is 1. The molecule has 1 aliphatic heterocycles. The molecular formula is C8H16N2O2. The molecule has 0 aromatic heterocycles. The van der Waals surface area contributed by atoms with Gasteiger partial charge >= 0.3 is 0 Å². The molecule has 1 unspecified atom stereocenters. The van der Waals surface area contributed by atoms with Crippen molar-refractivity contribution in [2.45, 2.75) is 31.5 Å². The monoisotopic (exact) mass is 172 g/mol. The molecular weight excluding hydrogens is 156 g/mol. The highest BCUT2D eigenvalue weighted by Gasteiger charge is 2.48. The second-order valence-electron chi connectivity index (χ2n) is 3.79. The summed E-state index contributed by atoms with van der Waals surface area (Å²) in [5, 5.41) is 14.4. The first kappa shape index (κ1) is 9.48. The van der Waals surface area contributed by atoms with Gasteiger partial charge in [0.05, 0.1) is 6.42 Å². The minimum Gasteiger partial charge on any atom is -0.624 e. The molecule has 70 valence electrons. The molecule has 0 amide bonds. The van der Waals surface area contributed by atoms with Crippen molar-refractivity contribution in [1.29, 1.82) is 0 Å². The summed E-state index contributed by atoms with van der Waals surface area (Å²) < 4.78 is 6.20. The lowest BCUT2D eigenvalue weighted by atomic mass is 9.98. The van der Waals surface area contributed by atoms with Gasteiger partial charge in [0.2, 0.25) is 5.72 Å². The Hall–Kier alpha value is -0.610. The van der Waals surface area contributed by atoms with Gasteiger partial charge in [0.15, 0.2) is 11.8 Å². The van der Waals surface area contributed by atoms with E-state index in [1.807, 2.05) is 13.8 Å². The van der Waals surface area contributed by atoms with Gasteiger partial charge in [-0.3, -0.25) is 5.32 Å². The fraction of sp³-hybridized carbons (Fsp3) is 0.875. The fourth-order valence-corrected chi connectivity index (χ4v) is 1.51. The van der Waals surface area contributed by atoms with Crippen LogP contribution in [0.25, 0.3) is 0 Å². The number of hydrogen-bond donors (Lipinski definition) is 1. The predicted molar refractivity (Wildman–Crippen MR) is 47.2 cm³/mol. The third kappa shape index (κ3) is 1.32. The van der Waals surface area contributed by atoms with Crippen molar-refractivity contribution in [1.82, 2.24) is 5.32 Å². The Morgan fingerprint density at radius 2 is 2.17 bits per heavy atom. The summed E-state index contributed by atoms with van der Waals surface area (Å²) in [7, 11) is 3.39. The Kier molecular flexibility index (Phi) is 2.14. The van der Waals surface area contributed by atoms with Crippen molar-refractivity contribution in [2.24, 2.45) is 0 Å². The van der Waals surface area contributed by atoms with Crippen LogP contribution in [0.5, 0.6) is 0 Å². The van der Waals surface area contributed by atoms with E-state index < -0.39 is 5.72 Å². The summed E-state index contributed by atoms with van der Waals surface area (Å²) in [4.78, 5) is 0. The smallest absolute Gasteiger partial charge is 0.204 e. The van der Waals surface area contributed by atoms with Gasteiger partial charge in [-0.25, -0.2) is 4.74 Å². The van der Waals surface area contributed by atoms with E-state index in [1.165, 1.54) is 0 Å². The Labute approximate surface area is 72.8 Å². The van der Waals surface area contributed by atoms with E-state index in [1.54, 1.807) is 20.4 Å². The normalized spacial score (nSPS) is 33.5. The van der Waals surface area contributed by atoms with Gasteiger partial charge in [-0.1, -0.05) is 0 Å². The maximum Gasteiger partial charge on any atom is 0.204 e. The molecule has 0 aromatic carbocycles. The molecule has 0 radical (unpaired) electrons. The quantitative estimate of drug-likeness (QED) is 0.370. The van der Waals surface area contributed by atoms with Crippen molar-refractivity contribution in [2.75, 3.05) is 14.2 Å². The molecule has 1 heterocycles. The third-order valence-corrected chi connectivity index (χ3v) is 2.41. The van der Waals surface area contributed by atoms with Crippen LogP contribution in [0.2, 0.25) is 0 Å². The van der Waals surface area contributed by atoms with E-state index in [0.29, 0.717) is 6.42 Å². The molecule has 1 rings (SSSR count). The van der Waals surface area contributed by atoms with E-state index in [9.17, 15) is 5.21 Å². The minimum atomic E-state index is -0.578. The van der Waals surface area contributed by atoms with Gasteiger partial charge < -0.3 is 9.94 Å². The van der Waals surface area contributed by atoms with Gasteiger partial charge in [-0.05, 0) is 7.05 Å². The van der Waals surface area contributed by atoms with Crippen molar-refractivity contribution in [3.05, 3.63) is 5.21 Å². The van der Waals surface area contributed by atoms with Crippen LogP contribution in [0, 0.1) is 5.21 Å². The Morgan fingerprint density at radius 1 is 1.58 bits per heavy atom. The van der Waals surface area contributed by atoms with E-state index in [0.717, 1.165) is 4.74 Å². The molecule has 0 aromatic rings. The summed E-state index contributed by atoms with van der Waals surface area (Å²) in [5.74, 6) is 0. The average Bonchev–Trinajstić information content (AvgIpc) is 2.24. The van der Waals surface area contributed by atoms with Crippen LogP contribution in [0.3, 0.4) is 0 Å².